The summed E-state index contributed by atoms with van der Waals surface area (Å²) in [6, 6.07) is 5.77. The van der Waals surface area contributed by atoms with Gasteiger partial charge in [0.1, 0.15) is 0 Å². The number of hydrogen-bond acceptors (Lipinski definition) is 4. The molecule has 0 saturated carbocycles. The maximum Gasteiger partial charge on any atom is 0.240 e. The standard InChI is InChI=1S/C12H11Cl2NO3S2/c13-10-2-1-9(5-11(10)14)20(17,18)15-6-12(16)8-3-4-19-7-8/h1-5,7,12,15-16H,6H2/t12-/m0/s1. The summed E-state index contributed by atoms with van der Waals surface area (Å²) in [5.74, 6) is 0. The van der Waals surface area contributed by atoms with Crippen molar-refractivity contribution >= 4 is 44.6 Å². The molecule has 8 heteroatoms. The Balaban J connectivity index is 2.09. The molecule has 0 aliphatic heterocycles. The van der Waals surface area contributed by atoms with Gasteiger partial charge in [0.2, 0.25) is 10.0 Å². The highest BCUT2D eigenvalue weighted by Gasteiger charge is 2.17. The second-order valence-electron chi connectivity index (χ2n) is 4.00. The molecule has 4 nitrogen and oxygen atoms in total. The smallest absolute Gasteiger partial charge is 0.240 e. The lowest BCUT2D eigenvalue weighted by Crippen LogP contribution is -2.28. The third kappa shape index (κ3) is 3.72. The molecule has 2 aromatic rings. The number of hydrogen-bond donors (Lipinski definition) is 2. The number of halogens is 2. The average Bonchev–Trinajstić information content (AvgIpc) is 2.93. The van der Waals surface area contributed by atoms with Crippen LogP contribution in [0.2, 0.25) is 10.0 Å². The molecule has 2 N–H and O–H groups in total. The van der Waals surface area contributed by atoms with Crippen LogP contribution in [0.4, 0.5) is 0 Å². The summed E-state index contributed by atoms with van der Waals surface area (Å²) in [5.41, 5.74) is 0.673. The van der Waals surface area contributed by atoms with Gasteiger partial charge in [-0.3, -0.25) is 0 Å². The van der Waals surface area contributed by atoms with Gasteiger partial charge >= 0.3 is 0 Å². The predicted molar refractivity (Wildman–Crippen MR) is 80.9 cm³/mol. The zero-order valence-corrected chi connectivity index (χ0v) is 13.2. The number of nitrogens with one attached hydrogen (secondary N) is 1. The molecular weight excluding hydrogens is 341 g/mol. The Morgan fingerprint density at radius 2 is 2.00 bits per heavy atom. The molecule has 0 saturated heterocycles. The lowest BCUT2D eigenvalue weighted by Gasteiger charge is -2.11. The van der Waals surface area contributed by atoms with Crippen LogP contribution in [-0.2, 0) is 10.0 Å². The third-order valence-corrected chi connectivity index (χ3v) is 5.46. The molecule has 0 bridgehead atoms. The van der Waals surface area contributed by atoms with E-state index in [0.717, 1.165) is 0 Å². The first kappa shape index (κ1) is 15.8. The summed E-state index contributed by atoms with van der Waals surface area (Å²) >= 11 is 13.0. The number of benzene rings is 1. The van der Waals surface area contributed by atoms with Crippen molar-refractivity contribution in [3.05, 3.63) is 50.6 Å². The van der Waals surface area contributed by atoms with Crippen molar-refractivity contribution < 1.29 is 13.5 Å². The van der Waals surface area contributed by atoms with Gasteiger partial charge < -0.3 is 5.11 Å². The number of aliphatic hydroxyl groups excluding tert-OH is 1. The highest BCUT2D eigenvalue weighted by molar-refractivity contribution is 7.89. The van der Waals surface area contributed by atoms with E-state index in [1.165, 1.54) is 29.5 Å². The lowest BCUT2D eigenvalue weighted by molar-refractivity contribution is 0.182. The summed E-state index contributed by atoms with van der Waals surface area (Å²) < 4.78 is 26.4. The number of rotatable bonds is 5. The molecule has 2 rings (SSSR count). The van der Waals surface area contributed by atoms with Gasteiger partial charge in [-0.1, -0.05) is 23.2 Å². The van der Waals surface area contributed by atoms with Gasteiger partial charge in [0.05, 0.1) is 21.0 Å². The molecule has 1 aromatic carbocycles. The molecule has 0 spiro atoms. The average molecular weight is 352 g/mol. The van der Waals surface area contributed by atoms with Crippen LogP contribution in [0.3, 0.4) is 0 Å². The molecule has 20 heavy (non-hydrogen) atoms. The first-order valence-electron chi connectivity index (χ1n) is 5.55. The monoisotopic (exact) mass is 351 g/mol. The van der Waals surface area contributed by atoms with E-state index < -0.39 is 16.1 Å². The summed E-state index contributed by atoms with van der Waals surface area (Å²) in [6.45, 7) is -0.112. The Labute approximate surface area is 131 Å². The highest BCUT2D eigenvalue weighted by atomic mass is 35.5. The molecule has 0 aliphatic carbocycles. The predicted octanol–water partition coefficient (Wildman–Crippen LogP) is 3.07. The molecule has 1 aromatic heterocycles. The maximum absolute atomic E-state index is 12.0. The van der Waals surface area contributed by atoms with Gasteiger partial charge in [0, 0.05) is 6.54 Å². The summed E-state index contributed by atoms with van der Waals surface area (Å²) in [6.07, 6.45) is -0.890. The Morgan fingerprint density at radius 3 is 2.60 bits per heavy atom. The normalized spacial score (nSPS) is 13.3. The fourth-order valence-electron chi connectivity index (χ4n) is 1.50. The van der Waals surface area contributed by atoms with Gasteiger partial charge in [-0.2, -0.15) is 11.3 Å². The maximum atomic E-state index is 12.0. The molecule has 0 radical (unpaired) electrons. The van der Waals surface area contributed by atoms with Crippen molar-refractivity contribution in [2.24, 2.45) is 0 Å². The van der Waals surface area contributed by atoms with Crippen LogP contribution in [0.5, 0.6) is 0 Å². The van der Waals surface area contributed by atoms with E-state index in [9.17, 15) is 13.5 Å². The zero-order valence-electron chi connectivity index (χ0n) is 10.1. The molecule has 0 aliphatic rings. The second kappa shape index (κ2) is 6.43. The molecular formula is C12H11Cl2NO3S2. The van der Waals surface area contributed by atoms with Crippen LogP contribution in [0, 0.1) is 0 Å². The molecule has 108 valence electrons. The zero-order chi connectivity index (χ0) is 14.8. The summed E-state index contributed by atoms with van der Waals surface area (Å²) in [4.78, 5) is 0.00409. The van der Waals surface area contributed by atoms with E-state index >= 15 is 0 Å². The minimum absolute atomic E-state index is 0.00409. The van der Waals surface area contributed by atoms with E-state index in [4.69, 9.17) is 23.2 Å². The van der Waals surface area contributed by atoms with Gasteiger partial charge in [0.25, 0.3) is 0 Å². The minimum Gasteiger partial charge on any atom is -0.387 e. The lowest BCUT2D eigenvalue weighted by atomic mass is 10.2. The van der Waals surface area contributed by atoms with Crippen LogP contribution in [-0.4, -0.2) is 20.1 Å². The van der Waals surface area contributed by atoms with Crippen molar-refractivity contribution in [3.63, 3.8) is 0 Å². The van der Waals surface area contributed by atoms with Gasteiger partial charge in [-0.15, -0.1) is 0 Å². The SMILES string of the molecule is O=S(=O)(NC[C@H](O)c1ccsc1)c1ccc(Cl)c(Cl)c1. The van der Waals surface area contributed by atoms with Crippen molar-refractivity contribution in [3.8, 4) is 0 Å². The number of sulfonamides is 1. The fraction of sp³-hybridized carbons (Fsp3) is 0.167. The Hall–Kier alpha value is -0.630. The van der Waals surface area contributed by atoms with Crippen LogP contribution < -0.4 is 4.72 Å². The highest BCUT2D eigenvalue weighted by Crippen LogP contribution is 2.25. The topological polar surface area (TPSA) is 66.4 Å². The minimum atomic E-state index is -3.74. The van der Waals surface area contributed by atoms with Crippen LogP contribution in [0.1, 0.15) is 11.7 Å². The van der Waals surface area contributed by atoms with E-state index in [1.807, 2.05) is 5.38 Å². The van der Waals surface area contributed by atoms with Crippen molar-refractivity contribution in [1.82, 2.24) is 4.72 Å². The molecule has 1 atom stereocenters. The first-order valence-corrected chi connectivity index (χ1v) is 8.73. The van der Waals surface area contributed by atoms with Crippen molar-refractivity contribution in [1.29, 1.82) is 0 Å². The van der Waals surface area contributed by atoms with E-state index in [2.05, 4.69) is 4.72 Å². The van der Waals surface area contributed by atoms with Gasteiger partial charge in [0.15, 0.2) is 0 Å². The largest absolute Gasteiger partial charge is 0.387 e. The molecule has 0 fully saturated rings. The summed E-state index contributed by atoms with van der Waals surface area (Å²) in [7, 11) is -3.74. The van der Waals surface area contributed by atoms with E-state index in [1.54, 1.807) is 11.4 Å². The van der Waals surface area contributed by atoms with Gasteiger partial charge in [-0.05, 0) is 40.6 Å². The van der Waals surface area contributed by atoms with Crippen molar-refractivity contribution in [2.45, 2.75) is 11.0 Å². The molecule has 0 unspecified atom stereocenters. The number of thiophene rings is 1. The van der Waals surface area contributed by atoms with E-state index in [-0.39, 0.29) is 21.5 Å². The van der Waals surface area contributed by atoms with Crippen LogP contribution in [0.25, 0.3) is 0 Å². The van der Waals surface area contributed by atoms with Crippen molar-refractivity contribution in [2.75, 3.05) is 6.54 Å². The first-order chi connectivity index (χ1) is 9.40. The van der Waals surface area contributed by atoms with E-state index in [0.29, 0.717) is 5.56 Å². The Kier molecular flexibility index (Phi) is 5.06. The Bertz CT molecular complexity index is 687. The number of aliphatic hydroxyl groups is 1. The summed E-state index contributed by atoms with van der Waals surface area (Å²) in [5, 5.41) is 13.9. The Morgan fingerprint density at radius 1 is 1.25 bits per heavy atom. The molecule has 1 heterocycles. The van der Waals surface area contributed by atoms with Crippen LogP contribution in [0.15, 0.2) is 39.9 Å². The fourth-order valence-corrected chi connectivity index (χ4v) is 3.63. The van der Waals surface area contributed by atoms with Gasteiger partial charge in [-0.25, -0.2) is 13.1 Å². The molecule has 0 amide bonds. The second-order valence-corrected chi connectivity index (χ2v) is 7.36. The van der Waals surface area contributed by atoms with Crippen LogP contribution >= 0.6 is 34.5 Å². The third-order valence-electron chi connectivity index (χ3n) is 2.60. The quantitative estimate of drug-likeness (QED) is 0.869.